The zero-order valence-corrected chi connectivity index (χ0v) is 13.9. The molecule has 1 aromatic carbocycles. The van der Waals surface area contributed by atoms with Gasteiger partial charge in [-0.2, -0.15) is 11.8 Å². The molecule has 0 bridgehead atoms. The van der Waals surface area contributed by atoms with Crippen molar-refractivity contribution in [2.75, 3.05) is 25.1 Å². The van der Waals surface area contributed by atoms with Crippen LogP contribution >= 0.6 is 11.8 Å². The minimum absolute atomic E-state index is 0.227. The van der Waals surface area contributed by atoms with Crippen molar-refractivity contribution in [1.29, 1.82) is 0 Å². The molecule has 0 spiro atoms. The number of urea groups is 1. The maximum atomic E-state index is 12.1. The summed E-state index contributed by atoms with van der Waals surface area (Å²) in [5.41, 5.74) is 1.12. The molecule has 1 aliphatic heterocycles. The number of nitrogens with zero attached hydrogens (tertiary/aromatic N) is 1. The molecular weight excluding hydrogens is 314 g/mol. The van der Waals surface area contributed by atoms with Crippen LogP contribution in [0.2, 0.25) is 0 Å². The summed E-state index contributed by atoms with van der Waals surface area (Å²) in [6, 6.07) is 8.80. The first kappa shape index (κ1) is 17.3. The lowest BCUT2D eigenvalue weighted by atomic mass is 10.1. The zero-order valence-electron chi connectivity index (χ0n) is 13.1. The van der Waals surface area contributed by atoms with Crippen LogP contribution in [0.1, 0.15) is 12.0 Å². The average molecular weight is 335 g/mol. The van der Waals surface area contributed by atoms with Gasteiger partial charge >= 0.3 is 6.03 Å². The third kappa shape index (κ3) is 4.99. The van der Waals surface area contributed by atoms with Crippen LogP contribution in [0.5, 0.6) is 0 Å². The van der Waals surface area contributed by atoms with Crippen LogP contribution in [-0.2, 0) is 16.0 Å². The first-order valence-electron chi connectivity index (χ1n) is 7.53. The first-order chi connectivity index (χ1) is 11.1. The van der Waals surface area contributed by atoms with Crippen LogP contribution in [0, 0.1) is 0 Å². The summed E-state index contributed by atoms with van der Waals surface area (Å²) in [4.78, 5) is 36.8. The minimum atomic E-state index is -0.507. The van der Waals surface area contributed by atoms with Crippen molar-refractivity contribution in [3.05, 3.63) is 35.9 Å². The number of nitrogens with one attached hydrogen (secondary N) is 2. The van der Waals surface area contributed by atoms with E-state index in [1.165, 1.54) is 0 Å². The minimum Gasteiger partial charge on any atom is -0.354 e. The van der Waals surface area contributed by atoms with Gasteiger partial charge in [0.15, 0.2) is 0 Å². The number of carbonyl (C=O) groups excluding carboxylic acids is 3. The van der Waals surface area contributed by atoms with Gasteiger partial charge in [-0.1, -0.05) is 30.3 Å². The van der Waals surface area contributed by atoms with Crippen molar-refractivity contribution < 1.29 is 14.4 Å². The summed E-state index contributed by atoms with van der Waals surface area (Å²) in [7, 11) is 0. The smallest absolute Gasteiger partial charge is 0.325 e. The standard InChI is InChI=1S/C16H21N3O3S/c1-23-10-8-13-15(21)19(16(22)18-13)11-14(20)17-9-7-12-5-3-2-4-6-12/h2-6,13H,7-11H2,1H3,(H,17,20)(H,18,22). The van der Waals surface area contributed by atoms with Gasteiger partial charge in [-0.25, -0.2) is 4.79 Å². The third-order valence-electron chi connectivity index (χ3n) is 3.60. The molecule has 2 rings (SSSR count). The molecule has 0 radical (unpaired) electrons. The molecule has 124 valence electrons. The van der Waals surface area contributed by atoms with Crippen molar-refractivity contribution in [3.63, 3.8) is 0 Å². The Labute approximate surface area is 140 Å². The molecule has 0 aliphatic carbocycles. The van der Waals surface area contributed by atoms with E-state index in [1.54, 1.807) is 11.8 Å². The van der Waals surface area contributed by atoms with Crippen LogP contribution in [0.4, 0.5) is 4.79 Å². The summed E-state index contributed by atoms with van der Waals surface area (Å²) in [5, 5.41) is 5.36. The van der Waals surface area contributed by atoms with E-state index >= 15 is 0 Å². The molecule has 7 heteroatoms. The summed E-state index contributed by atoms with van der Waals surface area (Å²) in [6.07, 6.45) is 3.24. The number of benzene rings is 1. The highest BCUT2D eigenvalue weighted by atomic mass is 32.2. The summed E-state index contributed by atoms with van der Waals surface area (Å²) >= 11 is 1.61. The lowest BCUT2D eigenvalue weighted by Crippen LogP contribution is -2.41. The molecule has 1 aromatic rings. The summed E-state index contributed by atoms with van der Waals surface area (Å²) < 4.78 is 0. The van der Waals surface area contributed by atoms with Crippen LogP contribution < -0.4 is 10.6 Å². The molecular formula is C16H21N3O3S. The van der Waals surface area contributed by atoms with E-state index in [0.29, 0.717) is 19.4 Å². The van der Waals surface area contributed by atoms with Crippen molar-refractivity contribution in [2.24, 2.45) is 0 Å². The van der Waals surface area contributed by atoms with E-state index in [9.17, 15) is 14.4 Å². The number of amides is 4. The monoisotopic (exact) mass is 335 g/mol. The predicted octanol–water partition coefficient (Wildman–Crippen LogP) is 1.02. The highest BCUT2D eigenvalue weighted by Crippen LogP contribution is 2.11. The Hall–Kier alpha value is -2.02. The molecule has 1 fully saturated rings. The Morgan fingerprint density at radius 3 is 2.74 bits per heavy atom. The SMILES string of the molecule is CSCCC1NC(=O)N(CC(=O)NCCc2ccccc2)C1=O. The molecule has 1 heterocycles. The van der Waals surface area contributed by atoms with Gasteiger partial charge in [0.25, 0.3) is 5.91 Å². The van der Waals surface area contributed by atoms with Crippen molar-refractivity contribution in [2.45, 2.75) is 18.9 Å². The van der Waals surface area contributed by atoms with Gasteiger partial charge in [0.2, 0.25) is 5.91 Å². The van der Waals surface area contributed by atoms with Crippen LogP contribution in [0.25, 0.3) is 0 Å². The van der Waals surface area contributed by atoms with Gasteiger partial charge in [-0.05, 0) is 30.4 Å². The van der Waals surface area contributed by atoms with E-state index < -0.39 is 12.1 Å². The van der Waals surface area contributed by atoms with Gasteiger partial charge in [-0.15, -0.1) is 0 Å². The molecule has 1 unspecified atom stereocenters. The first-order valence-corrected chi connectivity index (χ1v) is 8.92. The molecule has 4 amide bonds. The van der Waals surface area contributed by atoms with E-state index in [2.05, 4.69) is 10.6 Å². The fraction of sp³-hybridized carbons (Fsp3) is 0.438. The quantitative estimate of drug-likeness (QED) is 0.695. The van der Waals surface area contributed by atoms with Gasteiger partial charge in [0.1, 0.15) is 12.6 Å². The third-order valence-corrected chi connectivity index (χ3v) is 4.24. The molecule has 0 saturated carbocycles. The Bertz CT molecular complexity index is 565. The fourth-order valence-electron chi connectivity index (χ4n) is 2.35. The zero-order chi connectivity index (χ0) is 16.7. The molecule has 23 heavy (non-hydrogen) atoms. The molecule has 1 saturated heterocycles. The number of imide groups is 1. The maximum Gasteiger partial charge on any atom is 0.325 e. The van der Waals surface area contributed by atoms with E-state index in [-0.39, 0.29) is 18.4 Å². The molecule has 6 nitrogen and oxygen atoms in total. The maximum absolute atomic E-state index is 12.1. The highest BCUT2D eigenvalue weighted by Gasteiger charge is 2.38. The Morgan fingerprint density at radius 2 is 2.04 bits per heavy atom. The number of carbonyl (C=O) groups is 3. The predicted molar refractivity (Wildman–Crippen MR) is 90.2 cm³/mol. The van der Waals surface area contributed by atoms with E-state index in [4.69, 9.17) is 0 Å². The normalized spacial score (nSPS) is 17.3. The second-order valence-corrected chi connectivity index (χ2v) is 6.28. The van der Waals surface area contributed by atoms with Crippen LogP contribution in [0.3, 0.4) is 0 Å². The van der Waals surface area contributed by atoms with Gasteiger partial charge in [-0.3, -0.25) is 14.5 Å². The van der Waals surface area contributed by atoms with Crippen LogP contribution in [-0.4, -0.2) is 53.9 Å². The largest absolute Gasteiger partial charge is 0.354 e. The molecule has 0 aromatic heterocycles. The Balaban J connectivity index is 1.76. The second-order valence-electron chi connectivity index (χ2n) is 5.29. The lowest BCUT2D eigenvalue weighted by Gasteiger charge is -2.13. The average Bonchev–Trinajstić information content (AvgIpc) is 2.81. The summed E-state index contributed by atoms with van der Waals surface area (Å²) in [6.45, 7) is 0.248. The van der Waals surface area contributed by atoms with Gasteiger partial charge in [0.05, 0.1) is 0 Å². The van der Waals surface area contributed by atoms with Crippen LogP contribution in [0.15, 0.2) is 30.3 Å². The second kappa shape index (κ2) is 8.57. The van der Waals surface area contributed by atoms with Crippen molar-refractivity contribution in [1.82, 2.24) is 15.5 Å². The fourth-order valence-corrected chi connectivity index (χ4v) is 2.82. The lowest BCUT2D eigenvalue weighted by molar-refractivity contribution is -0.132. The Kier molecular flexibility index (Phi) is 6.46. The molecule has 1 aliphatic rings. The Morgan fingerprint density at radius 1 is 1.30 bits per heavy atom. The molecule has 1 atom stereocenters. The number of hydrogen-bond donors (Lipinski definition) is 2. The van der Waals surface area contributed by atoms with Gasteiger partial charge in [0, 0.05) is 6.54 Å². The van der Waals surface area contributed by atoms with Crippen molar-refractivity contribution >= 4 is 29.6 Å². The van der Waals surface area contributed by atoms with E-state index in [1.807, 2.05) is 36.6 Å². The number of rotatable bonds is 8. The highest BCUT2D eigenvalue weighted by molar-refractivity contribution is 7.98. The number of hydrogen-bond acceptors (Lipinski definition) is 4. The summed E-state index contributed by atoms with van der Waals surface area (Å²) in [5.74, 6) is 0.144. The molecule has 2 N–H and O–H groups in total. The van der Waals surface area contributed by atoms with E-state index in [0.717, 1.165) is 16.2 Å². The number of thioether (sulfide) groups is 1. The van der Waals surface area contributed by atoms with Gasteiger partial charge < -0.3 is 10.6 Å². The van der Waals surface area contributed by atoms with Crippen molar-refractivity contribution in [3.8, 4) is 0 Å². The topological polar surface area (TPSA) is 78.5 Å².